The molecule has 1 aromatic heterocycles. The molecule has 1 heterocycles. The highest BCUT2D eigenvalue weighted by Gasteiger charge is 2.20. The molecule has 0 radical (unpaired) electrons. The highest BCUT2D eigenvalue weighted by atomic mass is 16.3. The number of aliphatic hydroxyl groups is 1. The second-order valence-corrected chi connectivity index (χ2v) is 4.57. The largest absolute Gasteiger partial charge is 0.385 e. The number of aryl methyl sites for hydroxylation is 2. The van der Waals surface area contributed by atoms with Gasteiger partial charge in [-0.05, 0) is 25.3 Å². The second-order valence-electron chi connectivity index (χ2n) is 4.57. The monoisotopic (exact) mass is 211 g/mol. The molecule has 86 valence electrons. The third-order valence-electron chi connectivity index (χ3n) is 2.58. The molecule has 2 atom stereocenters. The van der Waals surface area contributed by atoms with E-state index in [1.165, 1.54) is 0 Å². The van der Waals surface area contributed by atoms with Crippen molar-refractivity contribution in [1.29, 1.82) is 0 Å². The van der Waals surface area contributed by atoms with Crippen LogP contribution in [0.3, 0.4) is 0 Å². The van der Waals surface area contributed by atoms with Crippen LogP contribution in [0.15, 0.2) is 6.07 Å². The lowest BCUT2D eigenvalue weighted by Gasteiger charge is -2.18. The van der Waals surface area contributed by atoms with Crippen LogP contribution < -0.4 is 5.73 Å². The summed E-state index contributed by atoms with van der Waals surface area (Å²) in [6.07, 6.45) is 0.142. The van der Waals surface area contributed by atoms with Crippen LogP contribution in [0.1, 0.15) is 37.8 Å². The van der Waals surface area contributed by atoms with Crippen molar-refractivity contribution < 1.29 is 5.11 Å². The molecule has 4 nitrogen and oxygen atoms in total. The minimum absolute atomic E-state index is 0.237. The molecule has 0 aliphatic rings. The first-order chi connectivity index (χ1) is 6.91. The van der Waals surface area contributed by atoms with Gasteiger partial charge in [-0.25, -0.2) is 0 Å². The maximum Gasteiger partial charge on any atom is 0.113 e. The Morgan fingerprint density at radius 1 is 1.53 bits per heavy atom. The van der Waals surface area contributed by atoms with Crippen molar-refractivity contribution in [2.75, 3.05) is 0 Å². The summed E-state index contributed by atoms with van der Waals surface area (Å²) in [5.74, 6) is 0.486. The Bertz CT molecular complexity index is 300. The number of hydrogen-bond donors (Lipinski definition) is 2. The Balaban J connectivity index is 2.71. The third-order valence-corrected chi connectivity index (χ3v) is 2.58. The highest BCUT2D eigenvalue weighted by molar-refractivity contribution is 5.12. The summed E-state index contributed by atoms with van der Waals surface area (Å²) in [5, 5.41) is 14.2. The van der Waals surface area contributed by atoms with Crippen LogP contribution >= 0.6 is 0 Å². The van der Waals surface area contributed by atoms with E-state index in [4.69, 9.17) is 5.73 Å². The molecule has 0 spiro atoms. The van der Waals surface area contributed by atoms with E-state index in [1.807, 2.05) is 20.0 Å². The lowest BCUT2D eigenvalue weighted by Crippen LogP contribution is -2.30. The number of rotatable bonds is 4. The van der Waals surface area contributed by atoms with Crippen LogP contribution in [0.4, 0.5) is 0 Å². The van der Waals surface area contributed by atoms with E-state index < -0.39 is 6.10 Å². The summed E-state index contributed by atoms with van der Waals surface area (Å²) in [6.45, 7) is 6.14. The molecule has 3 N–H and O–H groups in total. The van der Waals surface area contributed by atoms with Gasteiger partial charge >= 0.3 is 0 Å². The Morgan fingerprint density at radius 2 is 2.13 bits per heavy atom. The van der Waals surface area contributed by atoms with Gasteiger partial charge in [-0.1, -0.05) is 13.8 Å². The predicted octanol–water partition coefficient (Wildman–Crippen LogP) is 1.14. The molecule has 0 amide bonds. The van der Waals surface area contributed by atoms with E-state index in [2.05, 4.69) is 18.9 Å². The highest BCUT2D eigenvalue weighted by Crippen LogP contribution is 2.19. The number of hydrogen-bond acceptors (Lipinski definition) is 3. The molecule has 2 unspecified atom stereocenters. The first kappa shape index (κ1) is 12.2. The average molecular weight is 211 g/mol. The quantitative estimate of drug-likeness (QED) is 0.785. The molecule has 0 saturated carbocycles. The molecule has 0 aliphatic heterocycles. The molecule has 0 aliphatic carbocycles. The van der Waals surface area contributed by atoms with E-state index in [0.717, 1.165) is 12.1 Å². The van der Waals surface area contributed by atoms with Gasteiger partial charge in [0.25, 0.3) is 0 Å². The average Bonchev–Trinajstić information content (AvgIpc) is 2.44. The number of nitrogens with zero attached hydrogens (tertiary/aromatic N) is 2. The standard InChI is InChI=1S/C11H21N3O/c1-7(2)5-9(12)11(15)10-6-8(3)14(4)13-10/h6-7,9,11,15H,5,12H2,1-4H3. The fourth-order valence-corrected chi connectivity index (χ4v) is 1.63. The topological polar surface area (TPSA) is 64.1 Å². The van der Waals surface area contributed by atoms with E-state index in [0.29, 0.717) is 11.6 Å². The fourth-order valence-electron chi connectivity index (χ4n) is 1.63. The minimum atomic E-state index is -0.660. The van der Waals surface area contributed by atoms with Gasteiger partial charge < -0.3 is 10.8 Å². The summed E-state index contributed by atoms with van der Waals surface area (Å²) >= 11 is 0. The second kappa shape index (κ2) is 4.77. The summed E-state index contributed by atoms with van der Waals surface area (Å²) in [4.78, 5) is 0. The molecular formula is C11H21N3O. The van der Waals surface area contributed by atoms with Gasteiger partial charge in [0, 0.05) is 18.8 Å². The maximum absolute atomic E-state index is 9.97. The number of nitrogens with two attached hydrogens (primary N) is 1. The summed E-state index contributed by atoms with van der Waals surface area (Å²) in [5.41, 5.74) is 7.61. The van der Waals surface area contributed by atoms with Gasteiger partial charge in [-0.15, -0.1) is 0 Å². The van der Waals surface area contributed by atoms with Crippen molar-refractivity contribution in [2.24, 2.45) is 18.7 Å². The van der Waals surface area contributed by atoms with Crippen LogP contribution in [0.2, 0.25) is 0 Å². The fraction of sp³-hybridized carbons (Fsp3) is 0.727. The smallest absolute Gasteiger partial charge is 0.113 e. The Hall–Kier alpha value is -0.870. The molecular weight excluding hydrogens is 190 g/mol. The predicted molar refractivity (Wildman–Crippen MR) is 60.3 cm³/mol. The van der Waals surface area contributed by atoms with Crippen LogP contribution in [0.5, 0.6) is 0 Å². The SMILES string of the molecule is Cc1cc(C(O)C(N)CC(C)C)nn1C. The first-order valence-electron chi connectivity index (χ1n) is 5.36. The van der Waals surface area contributed by atoms with Gasteiger partial charge in [0.15, 0.2) is 0 Å². The van der Waals surface area contributed by atoms with Crippen molar-refractivity contribution >= 4 is 0 Å². The lowest BCUT2D eigenvalue weighted by atomic mass is 9.98. The zero-order valence-electron chi connectivity index (χ0n) is 9.94. The lowest BCUT2D eigenvalue weighted by molar-refractivity contribution is 0.131. The van der Waals surface area contributed by atoms with Gasteiger partial charge in [0.1, 0.15) is 6.10 Å². The summed E-state index contributed by atoms with van der Waals surface area (Å²) in [6, 6.07) is 1.64. The van der Waals surface area contributed by atoms with Crippen molar-refractivity contribution in [3.63, 3.8) is 0 Å². The Morgan fingerprint density at radius 3 is 2.53 bits per heavy atom. The van der Waals surface area contributed by atoms with Crippen molar-refractivity contribution in [3.05, 3.63) is 17.5 Å². The van der Waals surface area contributed by atoms with Crippen molar-refractivity contribution in [2.45, 2.75) is 39.3 Å². The van der Waals surface area contributed by atoms with E-state index in [1.54, 1.807) is 4.68 Å². The molecule has 4 heteroatoms. The van der Waals surface area contributed by atoms with E-state index >= 15 is 0 Å². The molecule has 0 aromatic carbocycles. The van der Waals surface area contributed by atoms with Crippen LogP contribution in [0, 0.1) is 12.8 Å². The Labute approximate surface area is 91.1 Å². The molecule has 1 rings (SSSR count). The summed E-state index contributed by atoms with van der Waals surface area (Å²) in [7, 11) is 1.86. The van der Waals surface area contributed by atoms with Crippen molar-refractivity contribution in [3.8, 4) is 0 Å². The Kier molecular flexibility index (Phi) is 3.88. The zero-order chi connectivity index (χ0) is 11.6. The van der Waals surface area contributed by atoms with E-state index in [-0.39, 0.29) is 6.04 Å². The minimum Gasteiger partial charge on any atom is -0.385 e. The van der Waals surface area contributed by atoms with Gasteiger partial charge in [0.2, 0.25) is 0 Å². The van der Waals surface area contributed by atoms with E-state index in [9.17, 15) is 5.11 Å². The van der Waals surface area contributed by atoms with Gasteiger partial charge in [0.05, 0.1) is 5.69 Å². The molecule has 0 bridgehead atoms. The molecule has 0 saturated heterocycles. The third kappa shape index (κ3) is 3.04. The van der Waals surface area contributed by atoms with Crippen LogP contribution in [-0.2, 0) is 7.05 Å². The maximum atomic E-state index is 9.97. The number of aliphatic hydroxyl groups excluding tert-OH is 1. The first-order valence-corrected chi connectivity index (χ1v) is 5.36. The molecule has 0 fully saturated rings. The molecule has 1 aromatic rings. The summed E-state index contributed by atoms with van der Waals surface area (Å²) < 4.78 is 1.75. The zero-order valence-corrected chi connectivity index (χ0v) is 9.94. The van der Waals surface area contributed by atoms with Gasteiger partial charge in [-0.2, -0.15) is 5.10 Å². The normalized spacial score (nSPS) is 15.7. The molecule has 15 heavy (non-hydrogen) atoms. The van der Waals surface area contributed by atoms with Gasteiger partial charge in [-0.3, -0.25) is 4.68 Å². The van der Waals surface area contributed by atoms with Crippen LogP contribution in [-0.4, -0.2) is 20.9 Å². The van der Waals surface area contributed by atoms with Crippen molar-refractivity contribution in [1.82, 2.24) is 9.78 Å². The van der Waals surface area contributed by atoms with Crippen LogP contribution in [0.25, 0.3) is 0 Å². The number of aromatic nitrogens is 2.